The minimum Gasteiger partial charge on any atom is -0.489 e. The zero-order valence-electron chi connectivity index (χ0n) is 16.3. The number of methoxy groups -OCH3 is 3. The first kappa shape index (κ1) is 20.0. The van der Waals surface area contributed by atoms with E-state index in [1.807, 2.05) is 30.3 Å². The average Bonchev–Trinajstić information content (AvgIpc) is 3.17. The molecule has 0 aliphatic rings. The molecule has 0 unspecified atom stereocenters. The SMILES string of the molecule is COC(=O)c1c(OC)oc(-c2ccc(OCc3ccccc3)cc2)c1C(=O)OC. The fourth-order valence-corrected chi connectivity index (χ4v) is 2.79. The van der Waals surface area contributed by atoms with E-state index in [9.17, 15) is 9.59 Å². The average molecular weight is 396 g/mol. The lowest BCUT2D eigenvalue weighted by atomic mass is 10.0. The maximum atomic E-state index is 12.3. The van der Waals surface area contributed by atoms with Gasteiger partial charge in [0.2, 0.25) is 0 Å². The van der Waals surface area contributed by atoms with Gasteiger partial charge in [-0.3, -0.25) is 0 Å². The number of rotatable bonds is 7. The molecule has 0 aliphatic heterocycles. The molecule has 0 saturated heterocycles. The minimum atomic E-state index is -0.764. The number of ether oxygens (including phenoxy) is 4. The summed E-state index contributed by atoms with van der Waals surface area (Å²) in [6.45, 7) is 0.425. The van der Waals surface area contributed by atoms with Gasteiger partial charge in [-0.05, 0) is 29.8 Å². The summed E-state index contributed by atoms with van der Waals surface area (Å²) < 4.78 is 26.1. The van der Waals surface area contributed by atoms with Gasteiger partial charge in [-0.1, -0.05) is 30.3 Å². The molecular formula is C22H20O7. The van der Waals surface area contributed by atoms with Crippen LogP contribution in [-0.2, 0) is 16.1 Å². The molecule has 3 aromatic rings. The van der Waals surface area contributed by atoms with Gasteiger partial charge in [0.15, 0.2) is 11.3 Å². The highest BCUT2D eigenvalue weighted by Gasteiger charge is 2.33. The van der Waals surface area contributed by atoms with Crippen molar-refractivity contribution in [3.63, 3.8) is 0 Å². The monoisotopic (exact) mass is 396 g/mol. The maximum absolute atomic E-state index is 12.3. The lowest BCUT2D eigenvalue weighted by Crippen LogP contribution is -2.11. The topological polar surface area (TPSA) is 84.2 Å². The Kier molecular flexibility index (Phi) is 6.19. The third kappa shape index (κ3) is 4.24. The van der Waals surface area contributed by atoms with Crippen molar-refractivity contribution < 1.29 is 33.0 Å². The minimum absolute atomic E-state index is 0.0610. The van der Waals surface area contributed by atoms with Crippen LogP contribution in [0.3, 0.4) is 0 Å². The van der Waals surface area contributed by atoms with Crippen LogP contribution in [0.25, 0.3) is 11.3 Å². The largest absolute Gasteiger partial charge is 0.489 e. The molecule has 0 aliphatic carbocycles. The summed E-state index contributed by atoms with van der Waals surface area (Å²) in [6, 6.07) is 16.7. The van der Waals surface area contributed by atoms with E-state index < -0.39 is 11.9 Å². The molecule has 0 N–H and O–H groups in total. The lowest BCUT2D eigenvalue weighted by Gasteiger charge is -2.07. The van der Waals surface area contributed by atoms with Crippen molar-refractivity contribution in [1.29, 1.82) is 0 Å². The van der Waals surface area contributed by atoms with E-state index in [2.05, 4.69) is 0 Å². The smallest absolute Gasteiger partial charge is 0.346 e. The quantitative estimate of drug-likeness (QED) is 0.556. The highest BCUT2D eigenvalue weighted by atomic mass is 16.6. The third-order valence-electron chi connectivity index (χ3n) is 4.21. The van der Waals surface area contributed by atoms with Crippen LogP contribution in [0.4, 0.5) is 0 Å². The van der Waals surface area contributed by atoms with Gasteiger partial charge in [-0.25, -0.2) is 9.59 Å². The first-order valence-corrected chi connectivity index (χ1v) is 8.73. The van der Waals surface area contributed by atoms with Crippen LogP contribution in [0.5, 0.6) is 11.7 Å². The zero-order chi connectivity index (χ0) is 20.8. The van der Waals surface area contributed by atoms with E-state index in [1.165, 1.54) is 21.3 Å². The van der Waals surface area contributed by atoms with Crippen LogP contribution < -0.4 is 9.47 Å². The van der Waals surface area contributed by atoms with Crippen LogP contribution in [0.1, 0.15) is 26.3 Å². The Morgan fingerprint density at radius 3 is 2.03 bits per heavy atom. The zero-order valence-corrected chi connectivity index (χ0v) is 16.3. The summed E-state index contributed by atoms with van der Waals surface area (Å²) in [4.78, 5) is 24.5. The molecule has 150 valence electrons. The van der Waals surface area contributed by atoms with Crippen LogP contribution in [0.2, 0.25) is 0 Å². The molecule has 1 aromatic heterocycles. The molecule has 2 aromatic carbocycles. The molecule has 0 fully saturated rings. The summed E-state index contributed by atoms with van der Waals surface area (Å²) in [6.07, 6.45) is 0. The number of benzene rings is 2. The standard InChI is InChI=1S/C22H20O7/c1-25-20(23)17-18(21(24)26-2)22(27-3)29-19(17)15-9-11-16(12-10-15)28-13-14-7-5-4-6-8-14/h4-12H,13H2,1-3H3. The van der Waals surface area contributed by atoms with Crippen LogP contribution in [0.15, 0.2) is 59.0 Å². The first-order chi connectivity index (χ1) is 14.1. The van der Waals surface area contributed by atoms with Crippen LogP contribution in [0, 0.1) is 0 Å². The summed E-state index contributed by atoms with van der Waals surface area (Å²) >= 11 is 0. The van der Waals surface area contributed by atoms with Crippen molar-refractivity contribution in [3.8, 4) is 23.0 Å². The predicted octanol–water partition coefficient (Wildman–Crippen LogP) is 4.11. The van der Waals surface area contributed by atoms with Gasteiger partial charge in [0, 0.05) is 5.56 Å². The number of furan rings is 1. The highest BCUT2D eigenvalue weighted by molar-refractivity contribution is 6.08. The van der Waals surface area contributed by atoms with Crippen molar-refractivity contribution in [3.05, 3.63) is 71.3 Å². The number of carbonyl (C=O) groups excluding carboxylic acids is 2. The second-order valence-electron chi connectivity index (χ2n) is 5.95. The van der Waals surface area contributed by atoms with E-state index in [0.29, 0.717) is 17.9 Å². The molecule has 29 heavy (non-hydrogen) atoms. The Morgan fingerprint density at radius 2 is 1.45 bits per heavy atom. The molecule has 1 heterocycles. The molecule has 7 nitrogen and oxygen atoms in total. The van der Waals surface area contributed by atoms with E-state index in [0.717, 1.165) is 5.56 Å². The fraction of sp³-hybridized carbons (Fsp3) is 0.182. The summed E-state index contributed by atoms with van der Waals surface area (Å²) in [5.41, 5.74) is 1.41. The van der Waals surface area contributed by atoms with Gasteiger partial charge in [-0.15, -0.1) is 0 Å². The predicted molar refractivity (Wildman–Crippen MR) is 104 cm³/mol. The molecular weight excluding hydrogens is 376 g/mol. The summed E-state index contributed by atoms with van der Waals surface area (Å²) in [5.74, 6) is -0.846. The van der Waals surface area contributed by atoms with Crippen molar-refractivity contribution in [1.82, 2.24) is 0 Å². The van der Waals surface area contributed by atoms with E-state index in [1.54, 1.807) is 24.3 Å². The third-order valence-corrected chi connectivity index (χ3v) is 4.21. The summed E-state index contributed by atoms with van der Waals surface area (Å²) in [5, 5.41) is 0. The van der Waals surface area contributed by atoms with Crippen molar-refractivity contribution in [2.45, 2.75) is 6.61 Å². The molecule has 0 spiro atoms. The van der Waals surface area contributed by atoms with Crippen LogP contribution >= 0.6 is 0 Å². The molecule has 0 bridgehead atoms. The molecule has 3 rings (SSSR count). The Bertz CT molecular complexity index is 988. The number of hydrogen-bond donors (Lipinski definition) is 0. The molecule has 0 radical (unpaired) electrons. The first-order valence-electron chi connectivity index (χ1n) is 8.73. The van der Waals surface area contributed by atoms with Gasteiger partial charge >= 0.3 is 17.9 Å². The molecule has 7 heteroatoms. The lowest BCUT2D eigenvalue weighted by molar-refractivity contribution is 0.0554. The molecule has 0 saturated carbocycles. The number of carbonyl (C=O) groups is 2. The van der Waals surface area contributed by atoms with Crippen molar-refractivity contribution in [2.75, 3.05) is 21.3 Å². The Labute approximate surface area is 167 Å². The van der Waals surface area contributed by atoms with Gasteiger partial charge < -0.3 is 23.4 Å². The molecule has 0 amide bonds. The highest BCUT2D eigenvalue weighted by Crippen LogP contribution is 2.37. The Morgan fingerprint density at radius 1 is 0.828 bits per heavy atom. The fourth-order valence-electron chi connectivity index (χ4n) is 2.79. The van der Waals surface area contributed by atoms with Crippen molar-refractivity contribution in [2.24, 2.45) is 0 Å². The normalized spacial score (nSPS) is 10.3. The van der Waals surface area contributed by atoms with Gasteiger partial charge in [0.1, 0.15) is 17.9 Å². The number of esters is 2. The van der Waals surface area contributed by atoms with Crippen molar-refractivity contribution >= 4 is 11.9 Å². The molecule has 0 atom stereocenters. The Balaban J connectivity index is 1.92. The van der Waals surface area contributed by atoms with Gasteiger partial charge in [-0.2, -0.15) is 0 Å². The van der Waals surface area contributed by atoms with Gasteiger partial charge in [0.25, 0.3) is 0 Å². The van der Waals surface area contributed by atoms with Gasteiger partial charge in [0.05, 0.1) is 21.3 Å². The second kappa shape index (κ2) is 8.97. The van der Waals surface area contributed by atoms with E-state index in [-0.39, 0.29) is 22.8 Å². The number of hydrogen-bond acceptors (Lipinski definition) is 7. The van der Waals surface area contributed by atoms with E-state index in [4.69, 9.17) is 23.4 Å². The van der Waals surface area contributed by atoms with Crippen LogP contribution in [-0.4, -0.2) is 33.3 Å². The van der Waals surface area contributed by atoms with E-state index >= 15 is 0 Å². The second-order valence-corrected chi connectivity index (χ2v) is 5.95. The maximum Gasteiger partial charge on any atom is 0.346 e. The summed E-state index contributed by atoms with van der Waals surface area (Å²) in [7, 11) is 3.75. The Hall–Kier alpha value is -3.74.